The van der Waals surface area contributed by atoms with E-state index in [0.717, 1.165) is 6.42 Å². The van der Waals surface area contributed by atoms with Gasteiger partial charge >= 0.3 is 5.97 Å². The van der Waals surface area contributed by atoms with Crippen LogP contribution < -0.4 is 0 Å². The highest BCUT2D eigenvalue weighted by molar-refractivity contribution is 6.83. The Kier molecular flexibility index (Phi) is 6.40. The van der Waals surface area contributed by atoms with Gasteiger partial charge in [0.25, 0.3) is 0 Å². The van der Waals surface area contributed by atoms with E-state index < -0.39 is 8.07 Å². The van der Waals surface area contributed by atoms with Crippen molar-refractivity contribution in [2.75, 3.05) is 0 Å². The van der Waals surface area contributed by atoms with E-state index in [-0.39, 0.29) is 12.1 Å². The molecule has 0 N–H and O–H groups in total. The summed E-state index contributed by atoms with van der Waals surface area (Å²) < 4.78 is 5.66. The molecule has 2 aromatic carbocycles. The molecule has 0 aliphatic carbocycles. The first-order chi connectivity index (χ1) is 11.4. The van der Waals surface area contributed by atoms with Gasteiger partial charge in [0, 0.05) is 0 Å². The Balaban J connectivity index is 2.07. The molecule has 24 heavy (non-hydrogen) atoms. The summed E-state index contributed by atoms with van der Waals surface area (Å²) in [6, 6.07) is 19.3. The van der Waals surface area contributed by atoms with Gasteiger partial charge in [0.1, 0.15) is 8.07 Å². The predicted octanol–water partition coefficient (Wildman–Crippen LogP) is 4.73. The van der Waals surface area contributed by atoms with E-state index in [2.05, 4.69) is 43.2 Å². The van der Waals surface area contributed by atoms with Gasteiger partial charge in [0.05, 0.1) is 5.56 Å². The first kappa shape index (κ1) is 18.0. The first-order valence-corrected chi connectivity index (χ1v) is 11.8. The second-order valence-corrected chi connectivity index (χ2v) is 11.6. The largest absolute Gasteiger partial charge is 0.446 e. The number of hydrogen-bond donors (Lipinski definition) is 0. The third-order valence-corrected chi connectivity index (χ3v) is 4.30. The van der Waals surface area contributed by atoms with Gasteiger partial charge in [-0.25, -0.2) is 4.79 Å². The van der Waals surface area contributed by atoms with E-state index in [0.29, 0.717) is 12.0 Å². The maximum atomic E-state index is 12.3. The van der Waals surface area contributed by atoms with Crippen LogP contribution in [-0.2, 0) is 11.2 Å². The van der Waals surface area contributed by atoms with Crippen LogP contribution in [0.1, 0.15) is 22.3 Å². The Labute approximate surface area is 145 Å². The Bertz CT molecular complexity index is 706. The number of esters is 1. The van der Waals surface area contributed by atoms with Crippen molar-refractivity contribution in [2.24, 2.45) is 0 Å². The van der Waals surface area contributed by atoms with Crippen LogP contribution in [-0.4, -0.2) is 20.1 Å². The zero-order valence-corrected chi connectivity index (χ0v) is 15.6. The molecular formula is C21H24O2Si. The number of benzene rings is 2. The van der Waals surface area contributed by atoms with Crippen molar-refractivity contribution in [2.45, 2.75) is 38.6 Å². The van der Waals surface area contributed by atoms with Crippen LogP contribution in [0.15, 0.2) is 60.7 Å². The molecule has 1 atom stereocenters. The molecule has 2 rings (SSSR count). The monoisotopic (exact) mass is 336 g/mol. The van der Waals surface area contributed by atoms with Gasteiger partial charge in [-0.1, -0.05) is 74.1 Å². The quantitative estimate of drug-likeness (QED) is 0.448. The fourth-order valence-electron chi connectivity index (χ4n) is 2.17. The lowest BCUT2D eigenvalue weighted by Gasteiger charge is -2.14. The van der Waals surface area contributed by atoms with E-state index in [1.165, 1.54) is 5.56 Å². The molecular weight excluding hydrogens is 312 g/mol. The minimum absolute atomic E-state index is 0.307. The van der Waals surface area contributed by atoms with Crippen LogP contribution >= 0.6 is 0 Å². The van der Waals surface area contributed by atoms with E-state index >= 15 is 0 Å². The zero-order valence-electron chi connectivity index (χ0n) is 14.6. The molecule has 2 nitrogen and oxygen atoms in total. The van der Waals surface area contributed by atoms with Gasteiger partial charge in [-0.3, -0.25) is 0 Å². The molecule has 0 aliphatic rings. The van der Waals surface area contributed by atoms with Crippen LogP contribution in [0.2, 0.25) is 19.6 Å². The molecule has 124 valence electrons. The normalized spacial score (nSPS) is 12.0. The molecule has 0 saturated heterocycles. The summed E-state index contributed by atoms with van der Waals surface area (Å²) >= 11 is 0. The third-order valence-electron chi connectivity index (χ3n) is 3.40. The second kappa shape index (κ2) is 8.51. The Morgan fingerprint density at radius 2 is 1.58 bits per heavy atom. The summed E-state index contributed by atoms with van der Waals surface area (Å²) in [4.78, 5) is 12.3. The number of carbonyl (C=O) groups is 1. The SMILES string of the molecule is C[Si](C)(C)C#C[C@@H](CCc1ccccc1)OC(=O)c1ccccc1. The van der Waals surface area contributed by atoms with Gasteiger partial charge in [0.2, 0.25) is 0 Å². The summed E-state index contributed by atoms with van der Waals surface area (Å²) in [5.74, 6) is 2.89. The first-order valence-electron chi connectivity index (χ1n) is 8.27. The van der Waals surface area contributed by atoms with E-state index in [1.807, 2.05) is 36.4 Å². The van der Waals surface area contributed by atoms with Crippen LogP contribution in [0.5, 0.6) is 0 Å². The van der Waals surface area contributed by atoms with Crippen molar-refractivity contribution in [3.05, 3.63) is 71.8 Å². The Morgan fingerprint density at radius 3 is 2.17 bits per heavy atom. The van der Waals surface area contributed by atoms with Gasteiger partial charge in [-0.2, -0.15) is 0 Å². The minimum Gasteiger partial charge on any atom is -0.446 e. The molecule has 0 aromatic heterocycles. The summed E-state index contributed by atoms with van der Waals surface area (Å²) in [5, 5.41) is 0. The van der Waals surface area contributed by atoms with E-state index in [1.54, 1.807) is 12.1 Å². The highest BCUT2D eigenvalue weighted by atomic mass is 28.3. The highest BCUT2D eigenvalue weighted by Gasteiger charge is 2.15. The molecule has 0 aliphatic heterocycles. The zero-order chi connectivity index (χ0) is 17.4. The van der Waals surface area contributed by atoms with Gasteiger partial charge < -0.3 is 4.74 Å². The van der Waals surface area contributed by atoms with Gasteiger partial charge in [-0.05, 0) is 30.5 Å². The van der Waals surface area contributed by atoms with Crippen molar-refractivity contribution in [3.8, 4) is 11.5 Å². The molecule has 0 radical (unpaired) electrons. The molecule has 0 bridgehead atoms. The molecule has 0 unspecified atom stereocenters. The number of ether oxygens (including phenoxy) is 1. The number of hydrogen-bond acceptors (Lipinski definition) is 2. The Hall–Kier alpha value is -2.31. The van der Waals surface area contributed by atoms with Crippen molar-refractivity contribution < 1.29 is 9.53 Å². The Morgan fingerprint density at radius 1 is 1.00 bits per heavy atom. The summed E-state index contributed by atoms with van der Waals surface area (Å²) in [6.07, 6.45) is 1.18. The second-order valence-electron chi connectivity index (χ2n) is 6.80. The number of rotatable bonds is 5. The lowest BCUT2D eigenvalue weighted by molar-refractivity contribution is 0.0397. The lowest BCUT2D eigenvalue weighted by Crippen LogP contribution is -2.21. The van der Waals surface area contributed by atoms with Crippen molar-refractivity contribution in [3.63, 3.8) is 0 Å². The molecule has 0 amide bonds. The molecule has 0 heterocycles. The van der Waals surface area contributed by atoms with Crippen LogP contribution in [0.4, 0.5) is 0 Å². The van der Waals surface area contributed by atoms with Crippen LogP contribution in [0.3, 0.4) is 0 Å². The average Bonchev–Trinajstić information content (AvgIpc) is 2.58. The van der Waals surface area contributed by atoms with Crippen LogP contribution in [0, 0.1) is 11.5 Å². The maximum Gasteiger partial charge on any atom is 0.339 e. The van der Waals surface area contributed by atoms with Crippen molar-refractivity contribution >= 4 is 14.0 Å². The number of carbonyl (C=O) groups excluding carboxylic acids is 1. The van der Waals surface area contributed by atoms with E-state index in [9.17, 15) is 4.79 Å². The van der Waals surface area contributed by atoms with Gasteiger partial charge in [-0.15, -0.1) is 5.54 Å². The average molecular weight is 337 g/mol. The van der Waals surface area contributed by atoms with E-state index in [4.69, 9.17) is 4.74 Å². The molecule has 0 saturated carbocycles. The number of aryl methyl sites for hydroxylation is 1. The molecule has 0 spiro atoms. The van der Waals surface area contributed by atoms with Gasteiger partial charge in [0.15, 0.2) is 6.10 Å². The summed E-state index contributed by atoms with van der Waals surface area (Å²) in [5.41, 5.74) is 5.12. The molecule has 0 fully saturated rings. The topological polar surface area (TPSA) is 26.3 Å². The molecule has 3 heteroatoms. The highest BCUT2D eigenvalue weighted by Crippen LogP contribution is 2.11. The van der Waals surface area contributed by atoms with Crippen molar-refractivity contribution in [1.82, 2.24) is 0 Å². The van der Waals surface area contributed by atoms with Crippen LogP contribution in [0.25, 0.3) is 0 Å². The summed E-state index contributed by atoms with van der Waals surface area (Å²) in [6.45, 7) is 6.56. The van der Waals surface area contributed by atoms with Crippen molar-refractivity contribution in [1.29, 1.82) is 0 Å². The maximum absolute atomic E-state index is 12.3. The molecule has 2 aromatic rings. The summed E-state index contributed by atoms with van der Waals surface area (Å²) in [7, 11) is -1.51. The third kappa shape index (κ3) is 6.43. The standard InChI is InChI=1S/C21H24O2Si/c1-24(2,3)17-16-20(15-14-18-10-6-4-7-11-18)23-21(22)19-12-8-5-9-13-19/h4-13,20H,14-15H2,1-3H3/t20-/m1/s1. The predicted molar refractivity (Wildman–Crippen MR) is 102 cm³/mol. The fraction of sp³-hybridized carbons (Fsp3) is 0.286. The lowest BCUT2D eigenvalue weighted by atomic mass is 10.1. The smallest absolute Gasteiger partial charge is 0.339 e. The fourth-order valence-corrected chi connectivity index (χ4v) is 2.77. The minimum atomic E-state index is -1.51.